The lowest BCUT2D eigenvalue weighted by Gasteiger charge is -1.96. The number of nitrogens with zero attached hydrogens (tertiary/aromatic N) is 2. The topological polar surface area (TPSA) is 82.0 Å². The fraction of sp³-hybridized carbons (Fsp3) is 0.333. The van der Waals surface area contributed by atoms with Gasteiger partial charge in [0.15, 0.2) is 5.82 Å². The van der Waals surface area contributed by atoms with E-state index in [4.69, 9.17) is 5.73 Å². The molecule has 0 aliphatic carbocycles. The Morgan fingerprint density at radius 1 is 1.64 bits per heavy atom. The van der Waals surface area contributed by atoms with Gasteiger partial charge in [-0.1, -0.05) is 5.16 Å². The molecule has 0 saturated carbocycles. The number of rotatable bonds is 2. The summed E-state index contributed by atoms with van der Waals surface area (Å²) in [7, 11) is 0. The van der Waals surface area contributed by atoms with Crippen LogP contribution in [-0.4, -0.2) is 16.0 Å². The highest BCUT2D eigenvalue weighted by molar-refractivity contribution is 5.90. The molecular weight excluding hydrogens is 146 g/mol. The van der Waals surface area contributed by atoms with Crippen molar-refractivity contribution in [1.82, 2.24) is 10.1 Å². The Morgan fingerprint density at radius 2 is 2.27 bits per heavy atom. The van der Waals surface area contributed by atoms with Crippen LogP contribution in [0.4, 0.5) is 0 Å². The predicted molar refractivity (Wildman–Crippen MR) is 36.2 cm³/mol. The van der Waals surface area contributed by atoms with Crippen LogP contribution < -0.4 is 5.73 Å². The Bertz CT molecular complexity index is 269. The Morgan fingerprint density at radius 3 is 2.64 bits per heavy atom. The number of hydrogen-bond acceptors (Lipinski definition) is 4. The molecule has 0 bridgehead atoms. The number of aryl methyl sites for hydroxylation is 1. The minimum Gasteiger partial charge on any atom is -0.369 e. The van der Waals surface area contributed by atoms with Gasteiger partial charge in [0, 0.05) is 6.92 Å². The van der Waals surface area contributed by atoms with E-state index in [1.165, 1.54) is 0 Å². The van der Waals surface area contributed by atoms with Crippen molar-refractivity contribution in [3.63, 3.8) is 0 Å². The lowest BCUT2D eigenvalue weighted by Crippen LogP contribution is -2.20. The Kier molecular flexibility index (Phi) is 1.89. The largest absolute Gasteiger partial charge is 0.369 e. The van der Waals surface area contributed by atoms with Crippen molar-refractivity contribution in [1.29, 1.82) is 0 Å². The zero-order chi connectivity index (χ0) is 8.43. The highest BCUT2D eigenvalue weighted by atomic mass is 16.5. The lowest BCUT2D eigenvalue weighted by molar-refractivity contribution is -0.115. The number of amides is 1. The molecule has 1 radical (unpaired) electrons. The summed E-state index contributed by atoms with van der Waals surface area (Å²) in [5, 5.41) is 3.51. The van der Waals surface area contributed by atoms with Gasteiger partial charge in [-0.2, -0.15) is 4.98 Å². The molecule has 0 unspecified atom stereocenters. The number of primary amides is 1. The van der Waals surface area contributed by atoms with Gasteiger partial charge in [0.1, 0.15) is 5.92 Å². The number of aromatic nitrogens is 2. The molecule has 2 N–H and O–H groups in total. The zero-order valence-corrected chi connectivity index (χ0v) is 6.29. The van der Waals surface area contributed by atoms with Gasteiger partial charge < -0.3 is 10.3 Å². The highest BCUT2D eigenvalue weighted by Gasteiger charge is 2.18. The summed E-state index contributed by atoms with van der Waals surface area (Å²) < 4.78 is 4.65. The van der Waals surface area contributed by atoms with Crippen LogP contribution >= 0.6 is 0 Å². The average molecular weight is 154 g/mol. The van der Waals surface area contributed by atoms with Crippen molar-refractivity contribution >= 4 is 5.91 Å². The summed E-state index contributed by atoms with van der Waals surface area (Å²) in [6, 6.07) is 0. The summed E-state index contributed by atoms with van der Waals surface area (Å²) in [4.78, 5) is 14.4. The first-order chi connectivity index (χ1) is 5.11. The lowest BCUT2D eigenvalue weighted by atomic mass is 10.1. The van der Waals surface area contributed by atoms with Crippen LogP contribution in [0, 0.1) is 12.8 Å². The number of carbonyl (C=O) groups excluding carboxylic acids is 1. The summed E-state index contributed by atoms with van der Waals surface area (Å²) in [5.41, 5.74) is 4.98. The van der Waals surface area contributed by atoms with Crippen molar-refractivity contribution in [3.05, 3.63) is 17.6 Å². The van der Waals surface area contributed by atoms with Crippen LogP contribution in [0.25, 0.3) is 0 Å². The SMILES string of the molecule is C[C](C(N)=O)c1noc(C)n1. The van der Waals surface area contributed by atoms with Crippen LogP contribution in [-0.2, 0) is 4.79 Å². The molecular formula is C6H8N3O2. The number of nitrogens with two attached hydrogens (primary N) is 1. The van der Waals surface area contributed by atoms with Gasteiger partial charge in [0.05, 0.1) is 0 Å². The maximum Gasteiger partial charge on any atom is 0.232 e. The molecule has 0 fully saturated rings. The first-order valence-corrected chi connectivity index (χ1v) is 3.05. The third-order valence-corrected chi connectivity index (χ3v) is 1.23. The molecule has 5 heteroatoms. The molecule has 0 spiro atoms. The predicted octanol–water partition coefficient (Wildman–Crippen LogP) is -0.194. The average Bonchev–Trinajstić information content (AvgIpc) is 2.34. The quantitative estimate of drug-likeness (QED) is 0.639. The van der Waals surface area contributed by atoms with Crippen LogP contribution in [0.3, 0.4) is 0 Å². The van der Waals surface area contributed by atoms with Crippen molar-refractivity contribution in [3.8, 4) is 0 Å². The van der Waals surface area contributed by atoms with E-state index in [1.807, 2.05) is 0 Å². The molecule has 0 aromatic carbocycles. The van der Waals surface area contributed by atoms with Crippen LogP contribution in [0.15, 0.2) is 4.52 Å². The highest BCUT2D eigenvalue weighted by Crippen LogP contribution is 2.08. The summed E-state index contributed by atoms with van der Waals surface area (Å²) in [5.74, 6) is 0.447. The molecule has 1 amide bonds. The van der Waals surface area contributed by atoms with Gasteiger partial charge in [0.25, 0.3) is 0 Å². The normalized spacial score (nSPS) is 10.5. The Balaban J connectivity index is 2.84. The number of hydrogen-bond donors (Lipinski definition) is 1. The first-order valence-electron chi connectivity index (χ1n) is 3.05. The van der Waals surface area contributed by atoms with E-state index in [1.54, 1.807) is 13.8 Å². The monoisotopic (exact) mass is 154 g/mol. The first kappa shape index (κ1) is 7.71. The van der Waals surface area contributed by atoms with Crippen molar-refractivity contribution in [2.24, 2.45) is 5.73 Å². The minimum absolute atomic E-state index is 0.259. The summed E-state index contributed by atoms with van der Waals surface area (Å²) in [6.45, 7) is 3.19. The van der Waals surface area contributed by atoms with E-state index >= 15 is 0 Å². The van der Waals surface area contributed by atoms with Crippen molar-refractivity contribution in [2.45, 2.75) is 13.8 Å². The smallest absolute Gasteiger partial charge is 0.232 e. The van der Waals surface area contributed by atoms with E-state index in [0.717, 1.165) is 0 Å². The van der Waals surface area contributed by atoms with Gasteiger partial charge in [0.2, 0.25) is 11.8 Å². The molecule has 1 rings (SSSR count). The third-order valence-electron chi connectivity index (χ3n) is 1.23. The molecule has 1 aromatic heterocycles. The van der Waals surface area contributed by atoms with Crippen molar-refractivity contribution < 1.29 is 9.32 Å². The summed E-state index contributed by atoms with van der Waals surface area (Å²) in [6.07, 6.45) is 0. The van der Waals surface area contributed by atoms with Gasteiger partial charge in [-0.25, -0.2) is 0 Å². The van der Waals surface area contributed by atoms with Crippen molar-refractivity contribution in [2.75, 3.05) is 0 Å². The molecule has 1 heterocycles. The molecule has 11 heavy (non-hydrogen) atoms. The maximum atomic E-state index is 10.6. The molecule has 0 aliphatic rings. The summed E-state index contributed by atoms with van der Waals surface area (Å²) >= 11 is 0. The Hall–Kier alpha value is -1.39. The second-order valence-corrected chi connectivity index (χ2v) is 2.13. The van der Waals surface area contributed by atoms with E-state index in [-0.39, 0.29) is 5.82 Å². The standard InChI is InChI=1S/C6H8N3O2/c1-3(5(7)10)6-8-4(2)11-9-6/h1-2H3,(H2,7,10). The second-order valence-electron chi connectivity index (χ2n) is 2.13. The van der Waals surface area contributed by atoms with Gasteiger partial charge in [-0.3, -0.25) is 4.79 Å². The Labute approximate surface area is 63.6 Å². The van der Waals surface area contributed by atoms with Gasteiger partial charge >= 0.3 is 0 Å². The fourth-order valence-corrected chi connectivity index (χ4v) is 0.562. The zero-order valence-electron chi connectivity index (χ0n) is 6.29. The molecule has 0 atom stereocenters. The van der Waals surface area contributed by atoms with E-state index in [2.05, 4.69) is 14.7 Å². The van der Waals surface area contributed by atoms with E-state index in [9.17, 15) is 4.79 Å². The molecule has 59 valence electrons. The number of carbonyl (C=O) groups is 1. The third kappa shape index (κ3) is 1.54. The van der Waals surface area contributed by atoms with Crippen LogP contribution in [0.1, 0.15) is 18.6 Å². The van der Waals surface area contributed by atoms with Gasteiger partial charge in [-0.05, 0) is 6.92 Å². The molecule has 0 aliphatic heterocycles. The fourth-order valence-electron chi connectivity index (χ4n) is 0.562. The van der Waals surface area contributed by atoms with E-state index in [0.29, 0.717) is 11.8 Å². The van der Waals surface area contributed by atoms with E-state index < -0.39 is 5.91 Å². The van der Waals surface area contributed by atoms with Crippen LogP contribution in [0.2, 0.25) is 0 Å². The van der Waals surface area contributed by atoms with Gasteiger partial charge in [-0.15, -0.1) is 0 Å². The molecule has 1 aromatic rings. The second kappa shape index (κ2) is 2.69. The minimum atomic E-state index is -0.536. The molecule has 0 saturated heterocycles. The maximum absolute atomic E-state index is 10.6. The molecule has 5 nitrogen and oxygen atoms in total. The van der Waals surface area contributed by atoms with Crippen LogP contribution in [0.5, 0.6) is 0 Å².